The number of carbonyl (C=O) groups excluding carboxylic acids is 2. The fourth-order valence-electron chi connectivity index (χ4n) is 4.22. The van der Waals surface area contributed by atoms with Crippen LogP contribution in [0.2, 0.25) is 0 Å². The van der Waals surface area contributed by atoms with E-state index in [1.807, 2.05) is 0 Å². The molecule has 2 heterocycles. The fraction of sp³-hybridized carbons (Fsp3) is 0.391. The predicted octanol–water partition coefficient (Wildman–Crippen LogP) is 3.35. The second kappa shape index (κ2) is 7.89. The van der Waals surface area contributed by atoms with Crippen LogP contribution < -0.4 is 18.9 Å². The highest BCUT2D eigenvalue weighted by Crippen LogP contribution is 2.41. The van der Waals surface area contributed by atoms with E-state index < -0.39 is 5.60 Å². The third kappa shape index (κ3) is 3.44. The molecule has 4 rings (SSSR count). The van der Waals surface area contributed by atoms with E-state index in [0.717, 1.165) is 0 Å². The summed E-state index contributed by atoms with van der Waals surface area (Å²) in [5.41, 5.74) is 0.383. The first-order valence-corrected chi connectivity index (χ1v) is 9.91. The smallest absolute Gasteiger partial charge is 0.261 e. The number of ketones is 1. The van der Waals surface area contributed by atoms with Gasteiger partial charge in [-0.3, -0.25) is 9.59 Å². The van der Waals surface area contributed by atoms with Crippen molar-refractivity contribution in [3.63, 3.8) is 0 Å². The van der Waals surface area contributed by atoms with Crippen LogP contribution in [0.1, 0.15) is 40.0 Å². The number of benzene rings is 2. The van der Waals surface area contributed by atoms with E-state index >= 15 is 0 Å². The molecule has 30 heavy (non-hydrogen) atoms. The van der Waals surface area contributed by atoms with Gasteiger partial charge in [0.15, 0.2) is 5.78 Å². The summed E-state index contributed by atoms with van der Waals surface area (Å²) in [6, 6.07) is 10.6. The van der Waals surface area contributed by atoms with Crippen LogP contribution in [0.3, 0.4) is 0 Å². The number of Topliss-reactive ketones (excluding diaryl/α,β-unsaturated/α-hetero) is 1. The lowest BCUT2D eigenvalue weighted by atomic mass is 9.82. The molecule has 7 heteroatoms. The number of hydrogen-bond acceptors (Lipinski definition) is 6. The van der Waals surface area contributed by atoms with E-state index in [-0.39, 0.29) is 11.7 Å². The second-order valence-corrected chi connectivity index (χ2v) is 7.58. The molecule has 158 valence electrons. The highest BCUT2D eigenvalue weighted by atomic mass is 16.5. The summed E-state index contributed by atoms with van der Waals surface area (Å²) < 4.78 is 22.3. The highest BCUT2D eigenvalue weighted by molar-refractivity contribution is 6.01. The minimum atomic E-state index is -0.583. The van der Waals surface area contributed by atoms with Crippen molar-refractivity contribution in [2.24, 2.45) is 0 Å². The van der Waals surface area contributed by atoms with E-state index in [9.17, 15) is 9.59 Å². The Labute approximate surface area is 175 Å². The molecule has 0 aliphatic carbocycles. The Morgan fingerprint density at radius 1 is 1.00 bits per heavy atom. The average Bonchev–Trinajstić information content (AvgIpc) is 2.78. The molecule has 0 unspecified atom stereocenters. The molecule has 0 N–H and O–H groups in total. The number of rotatable bonds is 4. The molecule has 0 atom stereocenters. The summed E-state index contributed by atoms with van der Waals surface area (Å²) in [4.78, 5) is 27.8. The normalized spacial score (nSPS) is 17.2. The van der Waals surface area contributed by atoms with Gasteiger partial charge in [-0.05, 0) is 30.3 Å². The first-order valence-electron chi connectivity index (χ1n) is 9.91. The number of methoxy groups -OCH3 is 3. The minimum absolute atomic E-state index is 0.0429. The molecule has 1 fully saturated rings. The first-order chi connectivity index (χ1) is 14.5. The molecule has 0 bridgehead atoms. The van der Waals surface area contributed by atoms with E-state index in [1.165, 1.54) is 14.2 Å². The lowest BCUT2D eigenvalue weighted by Crippen LogP contribution is -2.52. The number of carbonyl (C=O) groups is 2. The van der Waals surface area contributed by atoms with Crippen LogP contribution in [0.25, 0.3) is 0 Å². The minimum Gasteiger partial charge on any atom is -0.497 e. The third-order valence-electron chi connectivity index (χ3n) is 5.90. The summed E-state index contributed by atoms with van der Waals surface area (Å²) in [6.45, 7) is 0.970. The lowest BCUT2D eigenvalue weighted by molar-refractivity contribution is -0.00587. The Hall–Kier alpha value is -3.22. The van der Waals surface area contributed by atoms with Crippen LogP contribution in [-0.2, 0) is 0 Å². The van der Waals surface area contributed by atoms with Crippen LogP contribution in [-0.4, -0.2) is 56.6 Å². The topological polar surface area (TPSA) is 74.3 Å². The van der Waals surface area contributed by atoms with Gasteiger partial charge in [0.25, 0.3) is 5.91 Å². The molecule has 1 spiro atoms. The van der Waals surface area contributed by atoms with E-state index in [2.05, 4.69) is 0 Å². The van der Waals surface area contributed by atoms with Crippen molar-refractivity contribution in [3.05, 3.63) is 47.5 Å². The van der Waals surface area contributed by atoms with Gasteiger partial charge in [0.05, 0.1) is 33.3 Å². The van der Waals surface area contributed by atoms with Gasteiger partial charge in [0.2, 0.25) is 0 Å². The number of ether oxygens (including phenoxy) is 4. The molecule has 1 saturated heterocycles. The van der Waals surface area contributed by atoms with Gasteiger partial charge in [-0.2, -0.15) is 0 Å². The monoisotopic (exact) mass is 411 g/mol. The standard InChI is InChI=1S/C23H25NO6/c1-27-15-7-8-18-16(13-15)17(25)14-23(30-18)9-11-24(12-10-23)22(26)21-19(28-2)5-4-6-20(21)29-3/h4-8,13H,9-12,14H2,1-3H3. The molecule has 2 aliphatic heterocycles. The van der Waals surface area contributed by atoms with Crippen molar-refractivity contribution in [2.75, 3.05) is 34.4 Å². The van der Waals surface area contributed by atoms with Crippen molar-refractivity contribution >= 4 is 11.7 Å². The molecule has 2 aromatic carbocycles. The van der Waals surface area contributed by atoms with Crippen molar-refractivity contribution in [1.29, 1.82) is 0 Å². The van der Waals surface area contributed by atoms with Gasteiger partial charge in [-0.15, -0.1) is 0 Å². The van der Waals surface area contributed by atoms with Gasteiger partial charge in [0.1, 0.15) is 34.2 Å². The summed E-state index contributed by atoms with van der Waals surface area (Å²) in [7, 11) is 4.64. The number of piperidine rings is 1. The highest BCUT2D eigenvalue weighted by Gasteiger charge is 2.44. The zero-order valence-electron chi connectivity index (χ0n) is 17.4. The molecule has 2 aliphatic rings. The van der Waals surface area contributed by atoms with Gasteiger partial charge < -0.3 is 23.8 Å². The molecule has 0 aromatic heterocycles. The number of hydrogen-bond donors (Lipinski definition) is 0. The number of fused-ring (bicyclic) bond motifs is 1. The maximum Gasteiger partial charge on any atom is 0.261 e. The quantitative estimate of drug-likeness (QED) is 0.768. The summed E-state index contributed by atoms with van der Waals surface area (Å²) in [5, 5.41) is 0. The molecule has 1 amide bonds. The number of amides is 1. The zero-order valence-corrected chi connectivity index (χ0v) is 17.4. The van der Waals surface area contributed by atoms with Gasteiger partial charge in [0, 0.05) is 25.9 Å². The lowest BCUT2D eigenvalue weighted by Gasteiger charge is -2.44. The molecule has 2 aromatic rings. The van der Waals surface area contributed by atoms with E-state index in [1.54, 1.807) is 48.4 Å². The maximum absolute atomic E-state index is 13.2. The van der Waals surface area contributed by atoms with E-state index in [4.69, 9.17) is 18.9 Å². The largest absolute Gasteiger partial charge is 0.497 e. The Balaban J connectivity index is 1.52. The van der Waals surface area contributed by atoms with Crippen LogP contribution in [0.4, 0.5) is 0 Å². The van der Waals surface area contributed by atoms with E-state index in [0.29, 0.717) is 66.5 Å². The van der Waals surface area contributed by atoms with Crippen LogP contribution in [0, 0.1) is 0 Å². The molecule has 0 saturated carbocycles. The van der Waals surface area contributed by atoms with Crippen molar-refractivity contribution < 1.29 is 28.5 Å². The molecular formula is C23H25NO6. The Bertz CT molecular complexity index is 955. The van der Waals surface area contributed by atoms with Gasteiger partial charge >= 0.3 is 0 Å². The zero-order chi connectivity index (χ0) is 21.3. The third-order valence-corrected chi connectivity index (χ3v) is 5.90. The Kier molecular flexibility index (Phi) is 5.28. The SMILES string of the molecule is COc1ccc2c(c1)C(=O)CC1(CCN(C(=O)c3c(OC)cccc3OC)CC1)O2. The summed E-state index contributed by atoms with van der Waals surface area (Å²) >= 11 is 0. The number of likely N-dealkylation sites (tertiary alicyclic amines) is 1. The van der Waals surface area contributed by atoms with Crippen molar-refractivity contribution in [2.45, 2.75) is 24.9 Å². The molecular weight excluding hydrogens is 386 g/mol. The van der Waals surface area contributed by atoms with Crippen molar-refractivity contribution in [3.8, 4) is 23.0 Å². The van der Waals surface area contributed by atoms with Gasteiger partial charge in [-0.1, -0.05) is 6.07 Å². The predicted molar refractivity (Wildman–Crippen MR) is 110 cm³/mol. The van der Waals surface area contributed by atoms with Crippen LogP contribution in [0.5, 0.6) is 23.0 Å². The average molecular weight is 411 g/mol. The molecule has 7 nitrogen and oxygen atoms in total. The maximum atomic E-state index is 13.2. The molecule has 0 radical (unpaired) electrons. The summed E-state index contributed by atoms with van der Waals surface area (Å²) in [5.74, 6) is 2.07. The number of nitrogens with zero attached hydrogens (tertiary/aromatic N) is 1. The second-order valence-electron chi connectivity index (χ2n) is 7.58. The van der Waals surface area contributed by atoms with Crippen LogP contribution >= 0.6 is 0 Å². The Morgan fingerprint density at radius 3 is 2.27 bits per heavy atom. The van der Waals surface area contributed by atoms with Gasteiger partial charge in [-0.25, -0.2) is 0 Å². The Morgan fingerprint density at radius 2 is 1.67 bits per heavy atom. The van der Waals surface area contributed by atoms with Crippen molar-refractivity contribution in [1.82, 2.24) is 4.90 Å². The summed E-state index contributed by atoms with van der Waals surface area (Å²) in [6.07, 6.45) is 1.45. The first kappa shape index (κ1) is 20.1. The fourth-order valence-corrected chi connectivity index (χ4v) is 4.22. The van der Waals surface area contributed by atoms with Crippen LogP contribution in [0.15, 0.2) is 36.4 Å².